The molecule has 0 bridgehead atoms. The second kappa shape index (κ2) is 4.37. The van der Waals surface area contributed by atoms with Crippen molar-refractivity contribution in [2.45, 2.75) is 18.4 Å². The second-order valence-electron chi connectivity index (χ2n) is 3.17. The van der Waals surface area contributed by atoms with Gasteiger partial charge in [-0.3, -0.25) is 4.79 Å². The fourth-order valence-corrected chi connectivity index (χ4v) is 2.43. The zero-order valence-electron chi connectivity index (χ0n) is 7.95. The Kier molecular flexibility index (Phi) is 3.57. The van der Waals surface area contributed by atoms with Crippen LogP contribution >= 0.6 is 27.9 Å². The molecule has 1 heterocycles. The van der Waals surface area contributed by atoms with Crippen LogP contribution in [0.4, 0.5) is 4.79 Å². The summed E-state index contributed by atoms with van der Waals surface area (Å²) in [6, 6.07) is -0.592. The Labute approximate surface area is 102 Å². The molecule has 6 heteroatoms. The summed E-state index contributed by atoms with van der Waals surface area (Å²) < 4.78 is 1.72. The van der Waals surface area contributed by atoms with E-state index in [1.54, 1.807) is 12.2 Å². The molecule has 0 saturated carbocycles. The minimum absolute atomic E-state index is 0.318. The van der Waals surface area contributed by atoms with Gasteiger partial charge in [0.2, 0.25) is 0 Å². The zero-order valence-corrected chi connectivity index (χ0v) is 10.3. The van der Waals surface area contributed by atoms with Gasteiger partial charge < -0.3 is 0 Å². The Hall–Kier alpha value is -0.810. The molecule has 15 heavy (non-hydrogen) atoms. The second-order valence-corrected chi connectivity index (χ2v) is 4.21. The van der Waals surface area contributed by atoms with Gasteiger partial charge in [0, 0.05) is 11.8 Å². The van der Waals surface area contributed by atoms with E-state index in [1.807, 2.05) is 0 Å². The predicted molar refractivity (Wildman–Crippen MR) is 61.2 cm³/mol. The van der Waals surface area contributed by atoms with E-state index in [1.165, 1.54) is 0 Å². The van der Waals surface area contributed by atoms with Gasteiger partial charge in [0.15, 0.2) is 0 Å². The maximum atomic E-state index is 11.8. The molecule has 0 spiro atoms. The summed E-state index contributed by atoms with van der Waals surface area (Å²) >= 11 is 8.61. The molecule has 0 aromatic heterocycles. The van der Waals surface area contributed by atoms with Gasteiger partial charge >= 0.3 is 6.03 Å². The highest BCUT2D eigenvalue weighted by molar-refractivity contribution is 9.07. The summed E-state index contributed by atoms with van der Waals surface area (Å²) in [5.74, 6) is -0.467. The van der Waals surface area contributed by atoms with Crippen LogP contribution in [0, 0.1) is 0 Å². The van der Waals surface area contributed by atoms with Crippen molar-refractivity contribution >= 4 is 39.9 Å². The van der Waals surface area contributed by atoms with Crippen LogP contribution in [0.3, 0.4) is 0 Å². The molecule has 1 aliphatic rings. The Balaban J connectivity index is 3.16. The van der Waals surface area contributed by atoms with E-state index in [-0.39, 0.29) is 0 Å². The molecule has 0 N–H and O–H groups in total. The summed E-state index contributed by atoms with van der Waals surface area (Å²) in [5.41, 5.74) is -1.03. The first-order valence-corrected chi connectivity index (χ1v) is 5.28. The fourth-order valence-electron chi connectivity index (χ4n) is 1.51. The number of carbonyl (C=O) groups is 2. The van der Waals surface area contributed by atoms with E-state index in [0.29, 0.717) is 17.3 Å². The molecular formula is C9H10BrClN2O2. The van der Waals surface area contributed by atoms with E-state index in [0.717, 1.165) is 3.93 Å². The van der Waals surface area contributed by atoms with Crippen molar-refractivity contribution in [3.63, 3.8) is 0 Å². The van der Waals surface area contributed by atoms with Gasteiger partial charge in [-0.15, -0.1) is 13.2 Å². The van der Waals surface area contributed by atoms with Crippen molar-refractivity contribution in [1.82, 2.24) is 8.34 Å². The first kappa shape index (κ1) is 12.3. The molecule has 0 aromatic carbocycles. The molecule has 0 aliphatic carbocycles. The number of nitrogens with zero attached hydrogens (tertiary/aromatic N) is 2. The number of imide groups is 1. The Morgan fingerprint density at radius 2 is 1.80 bits per heavy atom. The largest absolute Gasteiger partial charge is 0.352 e. The van der Waals surface area contributed by atoms with Gasteiger partial charge in [-0.25, -0.2) is 8.72 Å². The van der Waals surface area contributed by atoms with Crippen LogP contribution in [-0.4, -0.2) is 25.8 Å². The standard InChI is InChI=1S/C9H10BrClN2O2/c1-3-5-9(6-4-2)7(14)12(11)8(15)13(9)10/h3-4H,1-2,5-6H2. The normalized spacial score (nSPS) is 19.6. The van der Waals surface area contributed by atoms with Crippen LogP contribution in [-0.2, 0) is 4.79 Å². The molecule has 1 saturated heterocycles. The molecule has 1 rings (SSSR count). The molecule has 0 radical (unpaired) electrons. The van der Waals surface area contributed by atoms with Crippen LogP contribution in [0.5, 0.6) is 0 Å². The monoisotopic (exact) mass is 292 g/mol. The van der Waals surface area contributed by atoms with Gasteiger partial charge in [0.1, 0.15) is 5.54 Å². The van der Waals surface area contributed by atoms with Crippen LogP contribution < -0.4 is 0 Å². The number of halogens is 2. The third-order valence-electron chi connectivity index (χ3n) is 2.25. The fraction of sp³-hybridized carbons (Fsp3) is 0.333. The minimum atomic E-state index is -1.03. The molecule has 3 amide bonds. The molecular weight excluding hydrogens is 283 g/mol. The minimum Gasteiger partial charge on any atom is -0.270 e. The number of urea groups is 1. The van der Waals surface area contributed by atoms with Gasteiger partial charge in [0.05, 0.1) is 16.1 Å². The van der Waals surface area contributed by atoms with Crippen LogP contribution in [0.2, 0.25) is 0 Å². The summed E-state index contributed by atoms with van der Waals surface area (Å²) in [7, 11) is 0. The van der Waals surface area contributed by atoms with Gasteiger partial charge in [-0.1, -0.05) is 12.2 Å². The third-order valence-corrected chi connectivity index (χ3v) is 3.53. The summed E-state index contributed by atoms with van der Waals surface area (Å²) in [5, 5.41) is 0. The third kappa shape index (κ3) is 1.70. The van der Waals surface area contributed by atoms with E-state index in [4.69, 9.17) is 11.8 Å². The Morgan fingerprint density at radius 3 is 2.07 bits per heavy atom. The Bertz CT molecular complexity index is 322. The maximum Gasteiger partial charge on any atom is 0.352 e. The van der Waals surface area contributed by atoms with E-state index < -0.39 is 17.5 Å². The van der Waals surface area contributed by atoms with E-state index in [9.17, 15) is 9.59 Å². The summed E-state index contributed by atoms with van der Waals surface area (Å²) in [6.07, 6.45) is 3.77. The topological polar surface area (TPSA) is 40.6 Å². The van der Waals surface area contributed by atoms with Crippen molar-refractivity contribution in [1.29, 1.82) is 0 Å². The zero-order chi connectivity index (χ0) is 11.6. The van der Waals surface area contributed by atoms with Crippen molar-refractivity contribution < 1.29 is 9.59 Å². The lowest BCUT2D eigenvalue weighted by atomic mass is 9.91. The molecule has 0 atom stereocenters. The van der Waals surface area contributed by atoms with Crippen molar-refractivity contribution in [2.75, 3.05) is 0 Å². The highest BCUT2D eigenvalue weighted by atomic mass is 79.9. The van der Waals surface area contributed by atoms with Gasteiger partial charge in [0.25, 0.3) is 5.91 Å². The van der Waals surface area contributed by atoms with Crippen molar-refractivity contribution in [2.24, 2.45) is 0 Å². The lowest BCUT2D eigenvalue weighted by molar-refractivity contribution is -0.128. The lowest BCUT2D eigenvalue weighted by Crippen LogP contribution is -2.44. The molecule has 82 valence electrons. The molecule has 1 fully saturated rings. The first-order chi connectivity index (χ1) is 7.01. The predicted octanol–water partition coefficient (Wildman–Crippen LogP) is 2.61. The van der Waals surface area contributed by atoms with E-state index >= 15 is 0 Å². The van der Waals surface area contributed by atoms with Crippen molar-refractivity contribution in [3.05, 3.63) is 25.3 Å². The average molecular weight is 294 g/mol. The highest BCUT2D eigenvalue weighted by Crippen LogP contribution is 2.38. The molecule has 0 unspecified atom stereocenters. The number of carbonyl (C=O) groups excluding carboxylic acids is 2. The molecule has 4 nitrogen and oxygen atoms in total. The van der Waals surface area contributed by atoms with Crippen LogP contribution in [0.1, 0.15) is 12.8 Å². The number of rotatable bonds is 4. The summed E-state index contributed by atoms with van der Waals surface area (Å²) in [4.78, 5) is 23.3. The lowest BCUT2D eigenvalue weighted by Gasteiger charge is -2.28. The quantitative estimate of drug-likeness (QED) is 0.454. The first-order valence-electron chi connectivity index (χ1n) is 4.23. The van der Waals surface area contributed by atoms with Crippen LogP contribution in [0.15, 0.2) is 25.3 Å². The van der Waals surface area contributed by atoms with E-state index in [2.05, 4.69) is 29.3 Å². The van der Waals surface area contributed by atoms with Crippen LogP contribution in [0.25, 0.3) is 0 Å². The van der Waals surface area contributed by atoms with Gasteiger partial charge in [-0.2, -0.15) is 4.42 Å². The maximum absolute atomic E-state index is 11.8. The summed E-state index contributed by atoms with van der Waals surface area (Å²) in [6.45, 7) is 7.13. The SMILES string of the molecule is C=CCC1(CC=C)C(=O)N(Cl)C(=O)N1Br. The number of hydrogen-bond acceptors (Lipinski definition) is 2. The molecule has 1 aliphatic heterocycles. The smallest absolute Gasteiger partial charge is 0.270 e. The van der Waals surface area contributed by atoms with Gasteiger partial charge in [-0.05, 0) is 12.8 Å². The average Bonchev–Trinajstić information content (AvgIpc) is 2.36. The number of hydrogen-bond donors (Lipinski definition) is 0. The van der Waals surface area contributed by atoms with Crippen molar-refractivity contribution in [3.8, 4) is 0 Å². The highest BCUT2D eigenvalue weighted by Gasteiger charge is 2.55. The molecule has 0 aromatic rings. The number of amides is 3. The Morgan fingerprint density at radius 1 is 1.33 bits per heavy atom.